The smallest absolute Gasteiger partial charge is 0.261 e. The monoisotopic (exact) mass is 410 g/mol. The Hall–Kier alpha value is -1.60. The normalized spacial score (nSPS) is 14.1. The SMILES string of the molecule is Cc1nn(Cc2ccccc2Cl)c2sc(C(=O)NCC3CNC3)cc12.Cl. The quantitative estimate of drug-likeness (QED) is 0.676. The number of fused-ring (bicyclic) bond motifs is 1. The van der Waals surface area contributed by atoms with Crippen LogP contribution in [0.3, 0.4) is 0 Å². The molecule has 3 aromatic rings. The first kappa shape index (κ1) is 19.2. The van der Waals surface area contributed by atoms with E-state index in [0.29, 0.717) is 12.5 Å². The number of amides is 1. The molecular formula is C18H20Cl2N4OS. The molecule has 8 heteroatoms. The maximum absolute atomic E-state index is 12.4. The minimum atomic E-state index is -0.00297. The molecule has 0 bridgehead atoms. The van der Waals surface area contributed by atoms with Crippen LogP contribution in [0.1, 0.15) is 20.9 Å². The lowest BCUT2D eigenvalue weighted by Crippen LogP contribution is -2.48. The Kier molecular flexibility index (Phi) is 5.87. The third-order valence-corrected chi connectivity index (χ3v) is 6.04. The summed E-state index contributed by atoms with van der Waals surface area (Å²) in [5.74, 6) is 0.549. The number of benzene rings is 1. The zero-order chi connectivity index (χ0) is 17.4. The maximum atomic E-state index is 12.4. The number of halogens is 2. The van der Waals surface area contributed by atoms with Gasteiger partial charge >= 0.3 is 0 Å². The van der Waals surface area contributed by atoms with Gasteiger partial charge in [-0.1, -0.05) is 29.8 Å². The average molecular weight is 411 g/mol. The van der Waals surface area contributed by atoms with Gasteiger partial charge in [0, 0.05) is 36.0 Å². The highest BCUT2D eigenvalue weighted by molar-refractivity contribution is 7.20. The molecule has 1 aliphatic heterocycles. The molecule has 138 valence electrons. The van der Waals surface area contributed by atoms with E-state index in [1.165, 1.54) is 11.3 Å². The van der Waals surface area contributed by atoms with Gasteiger partial charge in [-0.15, -0.1) is 23.7 Å². The van der Waals surface area contributed by atoms with Crippen LogP contribution < -0.4 is 10.6 Å². The van der Waals surface area contributed by atoms with Crippen LogP contribution >= 0.6 is 35.3 Å². The largest absolute Gasteiger partial charge is 0.351 e. The summed E-state index contributed by atoms with van der Waals surface area (Å²) in [5, 5.41) is 12.6. The molecule has 2 aromatic heterocycles. The van der Waals surface area contributed by atoms with Gasteiger partial charge in [-0.05, 0) is 24.6 Å². The Bertz CT molecular complexity index is 933. The fourth-order valence-electron chi connectivity index (χ4n) is 2.94. The highest BCUT2D eigenvalue weighted by Gasteiger charge is 2.20. The van der Waals surface area contributed by atoms with Crippen molar-refractivity contribution in [3.63, 3.8) is 0 Å². The second-order valence-electron chi connectivity index (χ2n) is 6.40. The number of aryl methyl sites for hydroxylation is 1. The summed E-state index contributed by atoms with van der Waals surface area (Å²) in [6.45, 7) is 5.27. The predicted molar refractivity (Wildman–Crippen MR) is 109 cm³/mol. The van der Waals surface area contributed by atoms with Gasteiger partial charge in [0.05, 0.1) is 17.1 Å². The number of hydrogen-bond donors (Lipinski definition) is 2. The van der Waals surface area contributed by atoms with E-state index in [4.69, 9.17) is 11.6 Å². The third-order valence-electron chi connectivity index (χ3n) is 4.53. The fourth-order valence-corrected chi connectivity index (χ4v) is 4.21. The molecule has 2 N–H and O–H groups in total. The van der Waals surface area contributed by atoms with Gasteiger partial charge in [-0.2, -0.15) is 5.10 Å². The number of hydrogen-bond acceptors (Lipinski definition) is 4. The van der Waals surface area contributed by atoms with E-state index in [1.54, 1.807) is 0 Å². The minimum Gasteiger partial charge on any atom is -0.351 e. The van der Waals surface area contributed by atoms with Gasteiger partial charge < -0.3 is 10.6 Å². The zero-order valence-corrected chi connectivity index (χ0v) is 16.7. The Balaban J connectivity index is 0.00000196. The van der Waals surface area contributed by atoms with Crippen molar-refractivity contribution in [3.8, 4) is 0 Å². The lowest BCUT2D eigenvalue weighted by atomic mass is 10.0. The number of carbonyl (C=O) groups excluding carboxylic acids is 1. The van der Waals surface area contributed by atoms with Crippen LogP contribution in [0.5, 0.6) is 0 Å². The van der Waals surface area contributed by atoms with Crippen LogP contribution in [-0.4, -0.2) is 35.3 Å². The number of rotatable bonds is 5. The first-order valence-electron chi connectivity index (χ1n) is 8.31. The van der Waals surface area contributed by atoms with E-state index in [9.17, 15) is 4.79 Å². The van der Waals surface area contributed by atoms with E-state index in [2.05, 4.69) is 15.7 Å². The maximum Gasteiger partial charge on any atom is 0.261 e. The second kappa shape index (κ2) is 7.96. The van der Waals surface area contributed by atoms with Gasteiger partial charge in [0.2, 0.25) is 0 Å². The van der Waals surface area contributed by atoms with Crippen LogP contribution in [-0.2, 0) is 6.54 Å². The summed E-state index contributed by atoms with van der Waals surface area (Å²) in [4.78, 5) is 14.2. The van der Waals surface area contributed by atoms with Crippen molar-refractivity contribution in [2.45, 2.75) is 13.5 Å². The summed E-state index contributed by atoms with van der Waals surface area (Å²) in [5.41, 5.74) is 1.95. The molecule has 4 rings (SSSR count). The predicted octanol–water partition coefficient (Wildman–Crippen LogP) is 3.48. The van der Waals surface area contributed by atoms with Crippen LogP contribution in [0.2, 0.25) is 5.02 Å². The molecule has 26 heavy (non-hydrogen) atoms. The van der Waals surface area contributed by atoms with E-state index in [-0.39, 0.29) is 18.3 Å². The molecule has 0 aliphatic carbocycles. The van der Waals surface area contributed by atoms with Gasteiger partial charge in [0.1, 0.15) is 4.83 Å². The van der Waals surface area contributed by atoms with Crippen molar-refractivity contribution in [3.05, 3.63) is 51.5 Å². The number of nitrogens with zero attached hydrogens (tertiary/aromatic N) is 2. The summed E-state index contributed by atoms with van der Waals surface area (Å²) < 4.78 is 1.93. The Morgan fingerprint density at radius 1 is 1.42 bits per heavy atom. The summed E-state index contributed by atoms with van der Waals surface area (Å²) in [7, 11) is 0. The topological polar surface area (TPSA) is 59.0 Å². The molecule has 1 fully saturated rings. The van der Waals surface area contributed by atoms with Crippen LogP contribution in [0.15, 0.2) is 30.3 Å². The number of carbonyl (C=O) groups is 1. The molecule has 1 aliphatic rings. The molecule has 1 amide bonds. The molecule has 0 atom stereocenters. The Morgan fingerprint density at radius 2 is 2.19 bits per heavy atom. The molecule has 0 spiro atoms. The molecule has 1 aromatic carbocycles. The van der Waals surface area contributed by atoms with Crippen molar-refractivity contribution in [2.75, 3.05) is 19.6 Å². The number of thiophene rings is 1. The molecule has 3 heterocycles. The Morgan fingerprint density at radius 3 is 2.88 bits per heavy atom. The summed E-state index contributed by atoms with van der Waals surface area (Å²) >= 11 is 7.76. The van der Waals surface area contributed by atoms with Crippen molar-refractivity contribution in [1.29, 1.82) is 0 Å². The molecule has 0 unspecified atom stereocenters. The fraction of sp³-hybridized carbons (Fsp3) is 0.333. The number of nitrogens with one attached hydrogen (secondary N) is 2. The van der Waals surface area contributed by atoms with Crippen molar-refractivity contribution < 1.29 is 4.79 Å². The summed E-state index contributed by atoms with van der Waals surface area (Å²) in [6, 6.07) is 9.71. The van der Waals surface area contributed by atoms with Crippen LogP contribution in [0, 0.1) is 12.8 Å². The van der Waals surface area contributed by atoms with Gasteiger partial charge in [0.25, 0.3) is 5.91 Å². The lowest BCUT2D eigenvalue weighted by Gasteiger charge is -2.26. The van der Waals surface area contributed by atoms with Crippen molar-refractivity contribution in [1.82, 2.24) is 20.4 Å². The van der Waals surface area contributed by atoms with Gasteiger partial charge in [0.15, 0.2) is 0 Å². The van der Waals surface area contributed by atoms with E-state index in [0.717, 1.165) is 51.0 Å². The first-order chi connectivity index (χ1) is 12.1. The molecule has 1 saturated heterocycles. The molecule has 0 radical (unpaired) electrons. The van der Waals surface area contributed by atoms with Gasteiger partial charge in [-0.25, -0.2) is 0 Å². The standard InChI is InChI=1S/C18H19ClN4OS.ClH/c1-11-14-6-16(17(24)21-9-12-7-20-8-12)25-18(14)23(22-11)10-13-4-2-3-5-15(13)19;/h2-6,12,20H,7-10H2,1H3,(H,21,24);1H. The second-order valence-corrected chi connectivity index (χ2v) is 7.84. The van der Waals surface area contributed by atoms with Crippen molar-refractivity contribution in [2.24, 2.45) is 5.92 Å². The summed E-state index contributed by atoms with van der Waals surface area (Å²) in [6.07, 6.45) is 0. The first-order valence-corrected chi connectivity index (χ1v) is 9.50. The number of aromatic nitrogens is 2. The van der Waals surface area contributed by atoms with Crippen LogP contribution in [0.25, 0.3) is 10.2 Å². The molecular weight excluding hydrogens is 391 g/mol. The molecule has 0 saturated carbocycles. The van der Waals surface area contributed by atoms with Crippen LogP contribution in [0.4, 0.5) is 0 Å². The zero-order valence-electron chi connectivity index (χ0n) is 14.3. The highest BCUT2D eigenvalue weighted by atomic mass is 35.5. The average Bonchev–Trinajstić information content (AvgIpc) is 3.10. The van der Waals surface area contributed by atoms with E-state index in [1.807, 2.05) is 41.9 Å². The Labute approximate surface area is 167 Å². The van der Waals surface area contributed by atoms with E-state index >= 15 is 0 Å². The third kappa shape index (κ3) is 3.74. The highest BCUT2D eigenvalue weighted by Crippen LogP contribution is 2.29. The van der Waals surface area contributed by atoms with Crippen molar-refractivity contribution >= 4 is 51.5 Å². The lowest BCUT2D eigenvalue weighted by molar-refractivity contribution is 0.0946. The molecule has 5 nitrogen and oxygen atoms in total. The van der Waals surface area contributed by atoms with Gasteiger partial charge in [-0.3, -0.25) is 9.48 Å². The van der Waals surface area contributed by atoms with E-state index < -0.39 is 0 Å². The minimum absolute atomic E-state index is 0.